The number of benzene rings is 2. The summed E-state index contributed by atoms with van der Waals surface area (Å²) >= 11 is 0. The highest BCUT2D eigenvalue weighted by molar-refractivity contribution is 5.85. The van der Waals surface area contributed by atoms with Crippen molar-refractivity contribution in [3.63, 3.8) is 0 Å². The first-order valence-electron chi connectivity index (χ1n) is 7.94. The lowest BCUT2D eigenvalue weighted by atomic mass is 9.87. The maximum Gasteiger partial charge on any atom is 0.00683 e. The minimum Gasteiger partial charge on any atom is -0.314 e. The monoisotopic (exact) mass is 267 g/mol. The minimum absolute atomic E-state index is 0.722. The van der Waals surface area contributed by atoms with Gasteiger partial charge in [0, 0.05) is 6.04 Å². The molecular formula is C19H25N. The lowest BCUT2D eigenvalue weighted by Gasteiger charge is -2.22. The van der Waals surface area contributed by atoms with Crippen molar-refractivity contribution in [2.24, 2.45) is 11.8 Å². The molecule has 1 atom stereocenters. The number of hydrogen-bond acceptors (Lipinski definition) is 1. The molecule has 0 amide bonds. The predicted molar refractivity (Wildman–Crippen MR) is 87.0 cm³/mol. The van der Waals surface area contributed by atoms with E-state index in [2.05, 4.69) is 61.6 Å². The zero-order valence-corrected chi connectivity index (χ0v) is 12.6. The van der Waals surface area contributed by atoms with E-state index in [9.17, 15) is 0 Å². The fraction of sp³-hybridized carbons (Fsp3) is 0.474. The Hall–Kier alpha value is -1.34. The molecule has 1 saturated carbocycles. The Morgan fingerprint density at radius 1 is 1.05 bits per heavy atom. The van der Waals surface area contributed by atoms with Crippen LogP contribution in [0.2, 0.25) is 0 Å². The first-order chi connectivity index (χ1) is 9.74. The van der Waals surface area contributed by atoms with Crippen LogP contribution in [-0.4, -0.2) is 12.6 Å². The molecule has 0 aliphatic heterocycles. The van der Waals surface area contributed by atoms with E-state index < -0.39 is 0 Å². The summed E-state index contributed by atoms with van der Waals surface area (Å²) in [5, 5.41) is 6.49. The summed E-state index contributed by atoms with van der Waals surface area (Å²) in [4.78, 5) is 0. The van der Waals surface area contributed by atoms with Gasteiger partial charge >= 0.3 is 0 Å². The molecule has 1 N–H and O–H groups in total. The summed E-state index contributed by atoms with van der Waals surface area (Å²) in [6, 6.07) is 16.3. The van der Waals surface area contributed by atoms with Gasteiger partial charge in [-0.3, -0.25) is 0 Å². The lowest BCUT2D eigenvalue weighted by molar-refractivity contribution is 0.360. The van der Waals surface area contributed by atoms with E-state index in [0.29, 0.717) is 0 Å². The molecule has 0 heterocycles. The van der Waals surface area contributed by atoms with E-state index in [1.54, 1.807) is 0 Å². The molecule has 0 bridgehead atoms. The summed E-state index contributed by atoms with van der Waals surface area (Å²) in [5.74, 6) is 1.45. The maximum atomic E-state index is 3.71. The highest BCUT2D eigenvalue weighted by Gasteiger charge is 2.23. The third-order valence-electron chi connectivity index (χ3n) is 4.55. The minimum atomic E-state index is 0.722. The molecule has 0 aromatic heterocycles. The fourth-order valence-corrected chi connectivity index (χ4v) is 2.90. The Bertz CT molecular complexity index is 563. The Kier molecular flexibility index (Phi) is 4.07. The fourth-order valence-electron chi connectivity index (χ4n) is 2.90. The van der Waals surface area contributed by atoms with Gasteiger partial charge in [-0.05, 0) is 54.0 Å². The Morgan fingerprint density at radius 2 is 1.80 bits per heavy atom. The maximum absolute atomic E-state index is 3.71. The molecule has 0 radical (unpaired) electrons. The first-order valence-corrected chi connectivity index (χ1v) is 7.94. The lowest BCUT2D eigenvalue weighted by Crippen LogP contribution is -2.29. The van der Waals surface area contributed by atoms with Crippen molar-refractivity contribution in [2.45, 2.75) is 39.2 Å². The van der Waals surface area contributed by atoms with Crippen molar-refractivity contribution in [3.05, 3.63) is 48.0 Å². The van der Waals surface area contributed by atoms with E-state index in [0.717, 1.165) is 24.4 Å². The quantitative estimate of drug-likeness (QED) is 0.817. The van der Waals surface area contributed by atoms with Crippen LogP contribution < -0.4 is 5.32 Å². The van der Waals surface area contributed by atoms with Gasteiger partial charge in [0.1, 0.15) is 0 Å². The second kappa shape index (κ2) is 5.97. The van der Waals surface area contributed by atoms with Crippen molar-refractivity contribution < 1.29 is 0 Å². The molecule has 3 rings (SSSR count). The summed E-state index contributed by atoms with van der Waals surface area (Å²) in [6.45, 7) is 5.86. The van der Waals surface area contributed by atoms with Gasteiger partial charge in [-0.15, -0.1) is 0 Å². The number of hydrogen-bond donors (Lipinski definition) is 1. The van der Waals surface area contributed by atoms with Gasteiger partial charge in [-0.1, -0.05) is 56.3 Å². The highest BCUT2D eigenvalue weighted by Crippen LogP contribution is 2.25. The highest BCUT2D eigenvalue weighted by atomic mass is 14.9. The van der Waals surface area contributed by atoms with Crippen LogP contribution in [0.3, 0.4) is 0 Å². The molecule has 1 heteroatoms. The molecule has 106 valence electrons. The SMILES string of the molecule is CC(C)C(CNC1CC1)Cc1cccc2ccccc12. The van der Waals surface area contributed by atoms with E-state index in [1.165, 1.54) is 35.6 Å². The van der Waals surface area contributed by atoms with Gasteiger partial charge < -0.3 is 5.32 Å². The van der Waals surface area contributed by atoms with Crippen LogP contribution >= 0.6 is 0 Å². The largest absolute Gasteiger partial charge is 0.314 e. The van der Waals surface area contributed by atoms with Crippen LogP contribution in [0.1, 0.15) is 32.3 Å². The number of nitrogens with one attached hydrogen (secondary N) is 1. The second-order valence-corrected chi connectivity index (χ2v) is 6.53. The van der Waals surface area contributed by atoms with Crippen molar-refractivity contribution in [1.82, 2.24) is 5.32 Å². The van der Waals surface area contributed by atoms with Crippen molar-refractivity contribution >= 4 is 10.8 Å². The van der Waals surface area contributed by atoms with E-state index in [1.807, 2.05) is 0 Å². The average Bonchev–Trinajstić information content (AvgIpc) is 3.27. The van der Waals surface area contributed by atoms with Crippen LogP contribution in [0, 0.1) is 11.8 Å². The molecule has 2 aromatic carbocycles. The summed E-state index contributed by atoms with van der Waals surface area (Å²) in [7, 11) is 0. The van der Waals surface area contributed by atoms with E-state index in [4.69, 9.17) is 0 Å². The van der Waals surface area contributed by atoms with Gasteiger partial charge in [0.25, 0.3) is 0 Å². The number of rotatable bonds is 6. The molecule has 20 heavy (non-hydrogen) atoms. The van der Waals surface area contributed by atoms with Crippen molar-refractivity contribution in [1.29, 1.82) is 0 Å². The zero-order valence-electron chi connectivity index (χ0n) is 12.6. The normalized spacial score (nSPS) is 16.8. The van der Waals surface area contributed by atoms with Gasteiger partial charge in [-0.25, -0.2) is 0 Å². The molecule has 1 nitrogen and oxygen atoms in total. The van der Waals surface area contributed by atoms with Crippen LogP contribution in [0.25, 0.3) is 10.8 Å². The van der Waals surface area contributed by atoms with Gasteiger partial charge in [0.05, 0.1) is 0 Å². The third-order valence-corrected chi connectivity index (χ3v) is 4.55. The summed E-state index contributed by atoms with van der Waals surface area (Å²) in [5.41, 5.74) is 1.50. The molecule has 1 fully saturated rings. The van der Waals surface area contributed by atoms with E-state index >= 15 is 0 Å². The molecule has 1 unspecified atom stereocenters. The van der Waals surface area contributed by atoms with Crippen LogP contribution in [-0.2, 0) is 6.42 Å². The molecule has 1 aliphatic carbocycles. The van der Waals surface area contributed by atoms with Crippen molar-refractivity contribution in [2.75, 3.05) is 6.54 Å². The van der Waals surface area contributed by atoms with Crippen molar-refractivity contribution in [3.8, 4) is 0 Å². The first kappa shape index (κ1) is 13.6. The topological polar surface area (TPSA) is 12.0 Å². The molecule has 1 aliphatic rings. The van der Waals surface area contributed by atoms with Crippen LogP contribution in [0.15, 0.2) is 42.5 Å². The standard InChI is InChI=1S/C19H25N/c1-14(2)17(13-20-18-10-11-18)12-16-8-5-7-15-6-3-4-9-19(15)16/h3-9,14,17-18,20H,10-13H2,1-2H3. The smallest absolute Gasteiger partial charge is 0.00683 e. The predicted octanol–water partition coefficient (Wildman–Crippen LogP) is 4.41. The van der Waals surface area contributed by atoms with Gasteiger partial charge in [-0.2, -0.15) is 0 Å². The van der Waals surface area contributed by atoms with Gasteiger partial charge in [0.15, 0.2) is 0 Å². The van der Waals surface area contributed by atoms with Crippen LogP contribution in [0.4, 0.5) is 0 Å². The zero-order chi connectivity index (χ0) is 13.9. The Morgan fingerprint density at radius 3 is 2.55 bits per heavy atom. The second-order valence-electron chi connectivity index (χ2n) is 6.53. The molecule has 0 spiro atoms. The van der Waals surface area contributed by atoms with Gasteiger partial charge in [0.2, 0.25) is 0 Å². The third kappa shape index (κ3) is 3.21. The average molecular weight is 267 g/mol. The van der Waals surface area contributed by atoms with E-state index in [-0.39, 0.29) is 0 Å². The summed E-state index contributed by atoms with van der Waals surface area (Å²) < 4.78 is 0. The Labute approximate surface area is 122 Å². The summed E-state index contributed by atoms with van der Waals surface area (Å²) in [6.07, 6.45) is 3.93. The molecule has 0 saturated heterocycles. The molecular weight excluding hydrogens is 242 g/mol. The van der Waals surface area contributed by atoms with Crippen LogP contribution in [0.5, 0.6) is 0 Å². The molecule has 2 aromatic rings. The number of fused-ring (bicyclic) bond motifs is 1. The Balaban J connectivity index is 1.78.